The maximum Gasteiger partial charge on any atom is 0.310 e. The van der Waals surface area contributed by atoms with Crippen molar-refractivity contribution < 1.29 is 9.53 Å². The number of benzene rings is 1. The first-order chi connectivity index (χ1) is 11.1. The van der Waals surface area contributed by atoms with Gasteiger partial charge < -0.3 is 15.4 Å². The van der Waals surface area contributed by atoms with Gasteiger partial charge in [0.15, 0.2) is 5.96 Å². The van der Waals surface area contributed by atoms with E-state index in [0.717, 1.165) is 25.3 Å². The van der Waals surface area contributed by atoms with Gasteiger partial charge in [-0.2, -0.15) is 0 Å². The SMILES string of the molecule is CCNC(=NCC(C)C(=O)OC)NC(C)CCc1ccccc1. The summed E-state index contributed by atoms with van der Waals surface area (Å²) >= 11 is 0. The van der Waals surface area contributed by atoms with E-state index < -0.39 is 0 Å². The van der Waals surface area contributed by atoms with Crippen LogP contribution in [0, 0.1) is 5.92 Å². The summed E-state index contributed by atoms with van der Waals surface area (Å²) in [4.78, 5) is 15.9. The number of methoxy groups -OCH3 is 1. The highest BCUT2D eigenvalue weighted by molar-refractivity contribution is 5.80. The minimum Gasteiger partial charge on any atom is -0.469 e. The highest BCUT2D eigenvalue weighted by Crippen LogP contribution is 2.05. The molecule has 0 radical (unpaired) electrons. The second-order valence-corrected chi connectivity index (χ2v) is 5.71. The number of nitrogens with zero attached hydrogens (tertiary/aromatic N) is 1. The van der Waals surface area contributed by atoms with E-state index in [9.17, 15) is 4.79 Å². The Labute approximate surface area is 139 Å². The van der Waals surface area contributed by atoms with Crippen LogP contribution in [0.25, 0.3) is 0 Å². The van der Waals surface area contributed by atoms with Crippen molar-refractivity contribution in [2.75, 3.05) is 20.2 Å². The predicted octanol–water partition coefficient (Wildman–Crippen LogP) is 2.37. The maximum absolute atomic E-state index is 11.4. The smallest absolute Gasteiger partial charge is 0.310 e. The van der Waals surface area contributed by atoms with Crippen LogP contribution in [0.2, 0.25) is 0 Å². The van der Waals surface area contributed by atoms with Crippen LogP contribution in [0.4, 0.5) is 0 Å². The monoisotopic (exact) mass is 319 g/mol. The van der Waals surface area contributed by atoms with Crippen LogP contribution in [0.5, 0.6) is 0 Å². The highest BCUT2D eigenvalue weighted by Gasteiger charge is 2.13. The quantitative estimate of drug-likeness (QED) is 0.439. The van der Waals surface area contributed by atoms with Gasteiger partial charge >= 0.3 is 5.97 Å². The van der Waals surface area contributed by atoms with E-state index in [1.165, 1.54) is 12.7 Å². The molecule has 23 heavy (non-hydrogen) atoms. The van der Waals surface area contributed by atoms with Crippen LogP contribution in [0.3, 0.4) is 0 Å². The number of hydrogen-bond acceptors (Lipinski definition) is 3. The second-order valence-electron chi connectivity index (χ2n) is 5.71. The number of nitrogens with one attached hydrogen (secondary N) is 2. The fraction of sp³-hybridized carbons (Fsp3) is 0.556. The van der Waals surface area contributed by atoms with E-state index in [1.807, 2.05) is 19.9 Å². The predicted molar refractivity (Wildman–Crippen MR) is 94.5 cm³/mol. The van der Waals surface area contributed by atoms with Crippen molar-refractivity contribution in [1.29, 1.82) is 0 Å². The molecule has 1 rings (SSSR count). The van der Waals surface area contributed by atoms with Gasteiger partial charge in [-0.15, -0.1) is 0 Å². The van der Waals surface area contributed by atoms with Crippen LogP contribution < -0.4 is 10.6 Å². The molecule has 0 aliphatic rings. The molecular formula is C18H29N3O2. The number of aliphatic imine (C=N–C) groups is 1. The summed E-state index contributed by atoms with van der Waals surface area (Å²) in [6.45, 7) is 7.17. The molecule has 0 saturated carbocycles. The third-order valence-electron chi connectivity index (χ3n) is 3.56. The number of carbonyl (C=O) groups excluding carboxylic acids is 1. The van der Waals surface area contributed by atoms with Gasteiger partial charge in [-0.3, -0.25) is 9.79 Å². The summed E-state index contributed by atoms with van der Waals surface area (Å²) in [7, 11) is 1.40. The number of hydrogen-bond donors (Lipinski definition) is 2. The maximum atomic E-state index is 11.4. The van der Waals surface area contributed by atoms with Crippen LogP contribution in [0.15, 0.2) is 35.3 Å². The zero-order valence-corrected chi connectivity index (χ0v) is 14.6. The Balaban J connectivity index is 2.48. The van der Waals surface area contributed by atoms with Gasteiger partial charge in [0.05, 0.1) is 19.6 Å². The summed E-state index contributed by atoms with van der Waals surface area (Å²) in [5.41, 5.74) is 1.34. The second kappa shape index (κ2) is 10.6. The van der Waals surface area contributed by atoms with Crippen molar-refractivity contribution in [3.8, 4) is 0 Å². The summed E-state index contributed by atoms with van der Waals surface area (Å²) in [5, 5.41) is 6.60. The number of ether oxygens (including phenoxy) is 1. The van der Waals surface area contributed by atoms with Gasteiger partial charge in [0, 0.05) is 12.6 Å². The van der Waals surface area contributed by atoms with E-state index in [-0.39, 0.29) is 11.9 Å². The lowest BCUT2D eigenvalue weighted by molar-refractivity contribution is -0.144. The van der Waals surface area contributed by atoms with Gasteiger partial charge in [-0.05, 0) is 32.3 Å². The molecule has 1 aromatic rings. The van der Waals surface area contributed by atoms with Gasteiger partial charge in [0.1, 0.15) is 0 Å². The standard InChI is InChI=1S/C18H29N3O2/c1-5-19-18(20-13-14(2)17(22)23-4)21-15(3)11-12-16-9-7-6-8-10-16/h6-10,14-15H,5,11-13H2,1-4H3,(H2,19,20,21). The zero-order valence-electron chi connectivity index (χ0n) is 14.6. The van der Waals surface area contributed by atoms with E-state index in [2.05, 4.69) is 46.8 Å². The lowest BCUT2D eigenvalue weighted by Crippen LogP contribution is -2.42. The van der Waals surface area contributed by atoms with Crippen LogP contribution >= 0.6 is 0 Å². The number of aryl methyl sites for hydroxylation is 1. The number of guanidine groups is 1. The van der Waals surface area contributed by atoms with Gasteiger partial charge in [-0.1, -0.05) is 37.3 Å². The van der Waals surface area contributed by atoms with Crippen molar-refractivity contribution in [3.63, 3.8) is 0 Å². The highest BCUT2D eigenvalue weighted by atomic mass is 16.5. The lowest BCUT2D eigenvalue weighted by Gasteiger charge is -2.18. The molecule has 128 valence electrons. The third kappa shape index (κ3) is 7.68. The first-order valence-corrected chi connectivity index (χ1v) is 8.23. The average molecular weight is 319 g/mol. The molecule has 0 spiro atoms. The molecule has 0 aliphatic heterocycles. The minimum atomic E-state index is -0.241. The van der Waals surface area contributed by atoms with Gasteiger partial charge in [-0.25, -0.2) is 0 Å². The Bertz CT molecular complexity index is 488. The Hall–Kier alpha value is -2.04. The Morgan fingerprint density at radius 1 is 1.26 bits per heavy atom. The normalized spacial score (nSPS) is 14.0. The summed E-state index contributed by atoms with van der Waals surface area (Å²) < 4.78 is 4.72. The van der Waals surface area contributed by atoms with E-state index >= 15 is 0 Å². The van der Waals surface area contributed by atoms with E-state index in [4.69, 9.17) is 4.74 Å². The van der Waals surface area contributed by atoms with Crippen molar-refractivity contribution >= 4 is 11.9 Å². The van der Waals surface area contributed by atoms with Crippen LogP contribution in [0.1, 0.15) is 32.8 Å². The van der Waals surface area contributed by atoms with Crippen molar-refractivity contribution in [2.24, 2.45) is 10.9 Å². The molecule has 0 fully saturated rings. The summed E-state index contributed by atoms with van der Waals surface area (Å²) in [6.07, 6.45) is 2.04. The minimum absolute atomic E-state index is 0.235. The third-order valence-corrected chi connectivity index (χ3v) is 3.56. The molecule has 0 heterocycles. The largest absolute Gasteiger partial charge is 0.469 e. The van der Waals surface area contributed by atoms with Crippen LogP contribution in [-0.4, -0.2) is 38.2 Å². The molecule has 0 aromatic heterocycles. The number of esters is 1. The first kappa shape index (κ1) is 19.0. The Morgan fingerprint density at radius 2 is 1.96 bits per heavy atom. The summed E-state index contributed by atoms with van der Waals surface area (Å²) in [6, 6.07) is 10.7. The van der Waals surface area contributed by atoms with Crippen molar-refractivity contribution in [1.82, 2.24) is 10.6 Å². The van der Waals surface area contributed by atoms with E-state index in [1.54, 1.807) is 0 Å². The molecule has 5 nitrogen and oxygen atoms in total. The lowest BCUT2D eigenvalue weighted by atomic mass is 10.1. The van der Waals surface area contributed by atoms with Gasteiger partial charge in [0.25, 0.3) is 0 Å². The average Bonchev–Trinajstić information content (AvgIpc) is 2.58. The molecule has 2 N–H and O–H groups in total. The molecule has 5 heteroatoms. The zero-order chi connectivity index (χ0) is 17.1. The topological polar surface area (TPSA) is 62.7 Å². The fourth-order valence-electron chi connectivity index (χ4n) is 2.16. The Kier molecular flexibility index (Phi) is 8.80. The molecular weight excluding hydrogens is 290 g/mol. The molecule has 2 unspecified atom stereocenters. The summed E-state index contributed by atoms with van der Waals surface area (Å²) in [5.74, 6) is 0.264. The fourth-order valence-corrected chi connectivity index (χ4v) is 2.16. The molecule has 2 atom stereocenters. The molecule has 1 aromatic carbocycles. The van der Waals surface area contributed by atoms with E-state index in [0.29, 0.717) is 12.6 Å². The first-order valence-electron chi connectivity index (χ1n) is 8.23. The molecule has 0 aliphatic carbocycles. The van der Waals surface area contributed by atoms with Gasteiger partial charge in [0.2, 0.25) is 0 Å². The van der Waals surface area contributed by atoms with Crippen LogP contribution in [-0.2, 0) is 16.0 Å². The molecule has 0 amide bonds. The van der Waals surface area contributed by atoms with Crippen molar-refractivity contribution in [3.05, 3.63) is 35.9 Å². The molecule has 0 bridgehead atoms. The Morgan fingerprint density at radius 3 is 2.57 bits per heavy atom. The van der Waals surface area contributed by atoms with Crippen molar-refractivity contribution in [2.45, 2.75) is 39.7 Å². The number of rotatable bonds is 8. The number of carbonyl (C=O) groups is 1. The molecule has 0 saturated heterocycles.